The SMILES string of the molecule is CCC(C)C(NC(=O)C(Cc1ccc(O)cc1)NC(=O)C(N)CS)C(=O)NC(Cc1c[nH]c2ccccc12)C(=O)O. The van der Waals surface area contributed by atoms with Crippen molar-refractivity contribution in [1.82, 2.24) is 20.9 Å². The van der Waals surface area contributed by atoms with Crippen molar-refractivity contribution in [2.75, 3.05) is 5.75 Å². The molecule has 8 N–H and O–H groups in total. The highest BCUT2D eigenvalue weighted by atomic mass is 32.1. The van der Waals surface area contributed by atoms with Crippen molar-refractivity contribution >= 4 is 47.2 Å². The molecule has 41 heavy (non-hydrogen) atoms. The second kappa shape index (κ2) is 14.6. The molecule has 3 rings (SSSR count). The molecule has 2 aromatic carbocycles. The number of carboxylic acids is 1. The third-order valence-electron chi connectivity index (χ3n) is 7.05. The number of para-hydroxylation sites is 1. The van der Waals surface area contributed by atoms with Crippen LogP contribution in [0.25, 0.3) is 10.9 Å². The second-order valence-electron chi connectivity index (χ2n) is 10.1. The first-order valence-corrected chi connectivity index (χ1v) is 14.0. The fourth-order valence-electron chi connectivity index (χ4n) is 4.38. The van der Waals surface area contributed by atoms with E-state index in [1.165, 1.54) is 12.1 Å². The lowest BCUT2D eigenvalue weighted by molar-refractivity contribution is -0.142. The van der Waals surface area contributed by atoms with Crippen molar-refractivity contribution in [3.05, 3.63) is 65.9 Å². The number of carbonyl (C=O) groups excluding carboxylic acids is 3. The van der Waals surface area contributed by atoms with Gasteiger partial charge in [0, 0.05) is 35.7 Å². The van der Waals surface area contributed by atoms with E-state index in [9.17, 15) is 29.4 Å². The summed E-state index contributed by atoms with van der Waals surface area (Å²) in [5.41, 5.74) is 8.03. The van der Waals surface area contributed by atoms with E-state index >= 15 is 0 Å². The molecule has 3 amide bonds. The van der Waals surface area contributed by atoms with Crippen LogP contribution >= 0.6 is 12.6 Å². The number of nitrogens with two attached hydrogens (primary N) is 1. The van der Waals surface area contributed by atoms with Crippen LogP contribution in [0.15, 0.2) is 54.7 Å². The normalized spacial score (nSPS) is 14.8. The monoisotopic (exact) mass is 583 g/mol. The van der Waals surface area contributed by atoms with Crippen LogP contribution in [0.5, 0.6) is 5.75 Å². The van der Waals surface area contributed by atoms with E-state index in [0.29, 0.717) is 12.0 Å². The number of phenols is 1. The molecule has 0 fully saturated rings. The van der Waals surface area contributed by atoms with E-state index in [0.717, 1.165) is 16.5 Å². The van der Waals surface area contributed by atoms with Gasteiger partial charge in [0.2, 0.25) is 17.7 Å². The zero-order valence-electron chi connectivity index (χ0n) is 23.0. The minimum absolute atomic E-state index is 0.0351. The Morgan fingerprint density at radius 1 is 0.927 bits per heavy atom. The van der Waals surface area contributed by atoms with Gasteiger partial charge in [-0.25, -0.2) is 4.79 Å². The summed E-state index contributed by atoms with van der Waals surface area (Å²) in [7, 11) is 0. The second-order valence-corrected chi connectivity index (χ2v) is 10.4. The van der Waals surface area contributed by atoms with Crippen LogP contribution in [0.3, 0.4) is 0 Å². The summed E-state index contributed by atoms with van der Waals surface area (Å²) in [5, 5.41) is 28.3. The molecule has 12 heteroatoms. The average molecular weight is 584 g/mol. The van der Waals surface area contributed by atoms with Gasteiger partial charge < -0.3 is 36.9 Å². The number of carboxylic acid groups (broad SMARTS) is 1. The molecule has 0 radical (unpaired) electrons. The first-order chi connectivity index (χ1) is 19.5. The fraction of sp³-hybridized carbons (Fsp3) is 0.379. The molecule has 0 aliphatic carbocycles. The van der Waals surface area contributed by atoms with Crippen molar-refractivity contribution < 1.29 is 29.4 Å². The topological polar surface area (TPSA) is 187 Å². The number of rotatable bonds is 14. The quantitative estimate of drug-likeness (QED) is 0.132. The number of phenolic OH excluding ortho intramolecular Hbond substituents is 1. The minimum atomic E-state index is -1.24. The lowest BCUT2D eigenvalue weighted by Crippen LogP contribution is -2.59. The number of amides is 3. The highest BCUT2D eigenvalue weighted by Gasteiger charge is 2.33. The molecule has 0 aliphatic rings. The molecule has 5 atom stereocenters. The number of nitrogens with one attached hydrogen (secondary N) is 4. The Morgan fingerprint density at radius 3 is 2.22 bits per heavy atom. The van der Waals surface area contributed by atoms with Crippen molar-refractivity contribution in [2.45, 2.75) is 57.3 Å². The van der Waals surface area contributed by atoms with Gasteiger partial charge >= 0.3 is 5.97 Å². The first-order valence-electron chi connectivity index (χ1n) is 13.4. The molecule has 0 spiro atoms. The lowest BCUT2D eigenvalue weighted by atomic mass is 9.96. The van der Waals surface area contributed by atoms with Crippen LogP contribution in [-0.4, -0.2) is 68.8 Å². The summed E-state index contributed by atoms with van der Waals surface area (Å²) in [6.45, 7) is 3.61. The summed E-state index contributed by atoms with van der Waals surface area (Å²) >= 11 is 4.04. The predicted octanol–water partition coefficient (Wildman–Crippen LogP) is 1.50. The summed E-state index contributed by atoms with van der Waals surface area (Å²) in [6, 6.07) is 9.22. The Hall–Kier alpha value is -4.03. The molecule has 0 saturated carbocycles. The maximum atomic E-state index is 13.5. The number of aromatic amines is 1. The highest BCUT2D eigenvalue weighted by molar-refractivity contribution is 7.80. The molecule has 0 bridgehead atoms. The van der Waals surface area contributed by atoms with Gasteiger partial charge in [-0.05, 0) is 35.2 Å². The van der Waals surface area contributed by atoms with Crippen LogP contribution < -0.4 is 21.7 Å². The number of aromatic hydroxyl groups is 1. The predicted molar refractivity (Wildman–Crippen MR) is 159 cm³/mol. The fourth-order valence-corrected chi connectivity index (χ4v) is 4.54. The molecule has 220 valence electrons. The van der Waals surface area contributed by atoms with Crippen LogP contribution in [0.1, 0.15) is 31.4 Å². The summed E-state index contributed by atoms with van der Waals surface area (Å²) in [5.74, 6) is -3.34. The largest absolute Gasteiger partial charge is 0.508 e. The van der Waals surface area contributed by atoms with Crippen molar-refractivity contribution in [3.63, 3.8) is 0 Å². The van der Waals surface area contributed by atoms with Crippen LogP contribution in [-0.2, 0) is 32.0 Å². The van der Waals surface area contributed by atoms with Crippen LogP contribution in [0, 0.1) is 5.92 Å². The van der Waals surface area contributed by atoms with E-state index in [-0.39, 0.29) is 30.3 Å². The van der Waals surface area contributed by atoms with Gasteiger partial charge in [-0.1, -0.05) is 50.6 Å². The number of benzene rings is 2. The average Bonchev–Trinajstić information content (AvgIpc) is 3.37. The molecule has 0 aliphatic heterocycles. The van der Waals surface area contributed by atoms with Crippen molar-refractivity contribution in [1.29, 1.82) is 0 Å². The summed E-state index contributed by atoms with van der Waals surface area (Å²) in [4.78, 5) is 54.7. The van der Waals surface area contributed by atoms with Gasteiger partial charge in [-0.15, -0.1) is 0 Å². The number of carbonyl (C=O) groups is 4. The van der Waals surface area contributed by atoms with Gasteiger partial charge in [0.05, 0.1) is 6.04 Å². The third-order valence-corrected chi connectivity index (χ3v) is 7.44. The first kappa shape index (κ1) is 31.5. The van der Waals surface area contributed by atoms with Crippen LogP contribution in [0.2, 0.25) is 0 Å². The van der Waals surface area contributed by atoms with E-state index in [4.69, 9.17) is 5.73 Å². The molecule has 1 aromatic heterocycles. The summed E-state index contributed by atoms with van der Waals surface area (Å²) < 4.78 is 0. The molecule has 3 aromatic rings. The van der Waals surface area contributed by atoms with E-state index in [1.54, 1.807) is 25.3 Å². The number of aliphatic carboxylic acids is 1. The Bertz CT molecular complexity index is 1360. The maximum Gasteiger partial charge on any atom is 0.326 e. The van der Waals surface area contributed by atoms with Crippen molar-refractivity contribution in [2.24, 2.45) is 11.7 Å². The smallest absolute Gasteiger partial charge is 0.326 e. The maximum absolute atomic E-state index is 13.5. The number of hydrogen-bond acceptors (Lipinski definition) is 7. The van der Waals surface area contributed by atoms with E-state index in [2.05, 4.69) is 33.6 Å². The van der Waals surface area contributed by atoms with Crippen LogP contribution in [0.4, 0.5) is 0 Å². The molecule has 1 heterocycles. The number of aromatic nitrogens is 1. The summed E-state index contributed by atoms with van der Waals surface area (Å²) in [6.07, 6.45) is 2.32. The van der Waals surface area contributed by atoms with Gasteiger partial charge in [0.25, 0.3) is 0 Å². The number of H-pyrrole nitrogens is 1. The van der Waals surface area contributed by atoms with E-state index < -0.39 is 47.9 Å². The third kappa shape index (κ3) is 8.48. The molecular weight excluding hydrogens is 546 g/mol. The number of thiol groups is 1. The van der Waals surface area contributed by atoms with Gasteiger partial charge in [0.1, 0.15) is 23.9 Å². The Kier molecular flexibility index (Phi) is 11.2. The molecule has 5 unspecified atom stereocenters. The Labute approximate surface area is 243 Å². The lowest BCUT2D eigenvalue weighted by Gasteiger charge is -2.28. The van der Waals surface area contributed by atoms with Gasteiger partial charge in [-0.2, -0.15) is 12.6 Å². The standard InChI is InChI=1S/C29H37N5O6S/c1-3-16(2)25(28(38)33-24(29(39)40)13-18-14-31-22-7-5-4-6-20(18)22)34-27(37)23(32-26(36)21(30)15-41)12-17-8-10-19(35)11-9-17/h4-11,14,16,21,23-25,31,35,41H,3,12-13,15,30H2,1-2H3,(H,32,36)(H,33,38)(H,34,37)(H,39,40). The van der Waals surface area contributed by atoms with E-state index in [1.807, 2.05) is 31.2 Å². The Balaban J connectivity index is 1.80. The zero-order chi connectivity index (χ0) is 30.1. The number of fused-ring (bicyclic) bond motifs is 1. The molecule has 0 saturated heterocycles. The minimum Gasteiger partial charge on any atom is -0.508 e. The Morgan fingerprint density at radius 2 is 1.59 bits per heavy atom. The van der Waals surface area contributed by atoms with Crippen molar-refractivity contribution in [3.8, 4) is 5.75 Å². The van der Waals surface area contributed by atoms with Gasteiger partial charge in [-0.3, -0.25) is 14.4 Å². The zero-order valence-corrected chi connectivity index (χ0v) is 23.9. The van der Waals surface area contributed by atoms with Gasteiger partial charge in [0.15, 0.2) is 0 Å². The molecule has 11 nitrogen and oxygen atoms in total. The number of hydrogen-bond donors (Lipinski definition) is 8. The highest BCUT2D eigenvalue weighted by Crippen LogP contribution is 2.20. The molecular formula is C29H37N5O6S.